The Kier molecular flexibility index (Phi) is 5.59. The van der Waals surface area contributed by atoms with Gasteiger partial charge in [0.25, 0.3) is 5.56 Å². The largest absolute Gasteiger partial charge is 0.373 e. The van der Waals surface area contributed by atoms with Crippen LogP contribution in [0.4, 0.5) is 5.69 Å². The highest BCUT2D eigenvalue weighted by molar-refractivity contribution is 5.58. The zero-order valence-corrected chi connectivity index (χ0v) is 14.7. The molecule has 2 aromatic rings. The Morgan fingerprint density at radius 3 is 2.67 bits per heavy atom. The summed E-state index contributed by atoms with van der Waals surface area (Å²) in [6.07, 6.45) is 4.82. The smallest absolute Gasteiger partial charge is 0.271 e. The summed E-state index contributed by atoms with van der Waals surface area (Å²) in [6, 6.07) is 10.1. The summed E-state index contributed by atoms with van der Waals surface area (Å²) in [5, 5.41) is 8.68. The van der Waals surface area contributed by atoms with E-state index in [1.165, 1.54) is 11.6 Å². The lowest BCUT2D eigenvalue weighted by Crippen LogP contribution is -2.25. The van der Waals surface area contributed by atoms with Crippen LogP contribution < -0.4 is 10.5 Å². The van der Waals surface area contributed by atoms with Gasteiger partial charge in [-0.1, -0.05) is 31.2 Å². The molecule has 0 unspecified atom stereocenters. The third-order valence-electron chi connectivity index (χ3n) is 4.10. The fourth-order valence-electron chi connectivity index (χ4n) is 3.10. The number of hydrogen-bond donors (Lipinski definition) is 1. The number of benzene rings is 1. The number of nitrogens with one attached hydrogen (secondary N) is 1. The molecule has 1 N–H and O–H groups in total. The molecule has 1 aromatic carbocycles. The second-order valence-electron chi connectivity index (χ2n) is 6.02. The Morgan fingerprint density at radius 2 is 2.04 bits per heavy atom. The minimum absolute atomic E-state index is 0.0507. The molecule has 124 valence electrons. The summed E-state index contributed by atoms with van der Waals surface area (Å²) in [7, 11) is 3.80. The molecule has 1 heterocycles. The van der Waals surface area contributed by atoms with Crippen LogP contribution in [0.25, 0.3) is 6.08 Å². The predicted molar refractivity (Wildman–Crippen MR) is 99.4 cm³/mol. The van der Waals surface area contributed by atoms with Crippen molar-refractivity contribution in [2.45, 2.75) is 26.7 Å². The number of rotatable bonds is 5. The summed E-state index contributed by atoms with van der Waals surface area (Å²) < 4.78 is 0. The molecular formula is C20H23N3O. The number of aryl methyl sites for hydroxylation is 1. The molecule has 0 atom stereocenters. The van der Waals surface area contributed by atoms with E-state index in [4.69, 9.17) is 5.26 Å². The van der Waals surface area contributed by atoms with Gasteiger partial charge >= 0.3 is 0 Å². The van der Waals surface area contributed by atoms with Crippen LogP contribution in [0.2, 0.25) is 0 Å². The lowest BCUT2D eigenvalue weighted by atomic mass is 9.95. The van der Waals surface area contributed by atoms with Crippen molar-refractivity contribution in [3.63, 3.8) is 0 Å². The number of allylic oxidation sites excluding steroid dienone is 1. The Labute approximate surface area is 143 Å². The first kappa shape index (κ1) is 17.6. The van der Waals surface area contributed by atoms with Gasteiger partial charge in [0, 0.05) is 32.3 Å². The SMILES string of the molecule is CCc1c(C)[nH]c(=O)c(N(C)C)c1Cc1cccc(/C=C/C#N)c1. The van der Waals surface area contributed by atoms with Gasteiger partial charge in [-0.05, 0) is 41.7 Å². The molecule has 2 rings (SSSR count). The maximum atomic E-state index is 12.4. The number of nitriles is 1. The van der Waals surface area contributed by atoms with Gasteiger partial charge in [-0.2, -0.15) is 5.26 Å². The molecule has 0 saturated heterocycles. The summed E-state index contributed by atoms with van der Waals surface area (Å²) in [4.78, 5) is 17.3. The van der Waals surface area contributed by atoms with E-state index in [0.29, 0.717) is 6.42 Å². The van der Waals surface area contributed by atoms with Gasteiger partial charge in [0.2, 0.25) is 0 Å². The van der Waals surface area contributed by atoms with Crippen molar-refractivity contribution >= 4 is 11.8 Å². The average Bonchev–Trinajstić information content (AvgIpc) is 2.53. The lowest BCUT2D eigenvalue weighted by Gasteiger charge is -2.21. The van der Waals surface area contributed by atoms with Crippen LogP contribution in [0.3, 0.4) is 0 Å². The molecule has 4 nitrogen and oxygen atoms in total. The zero-order chi connectivity index (χ0) is 17.7. The Hall–Kier alpha value is -2.80. The van der Waals surface area contributed by atoms with Crippen LogP contribution in [0.5, 0.6) is 0 Å². The van der Waals surface area contributed by atoms with Gasteiger partial charge in [-0.15, -0.1) is 0 Å². The van der Waals surface area contributed by atoms with E-state index >= 15 is 0 Å². The third kappa shape index (κ3) is 3.75. The van der Waals surface area contributed by atoms with E-state index in [0.717, 1.165) is 34.5 Å². The highest BCUT2D eigenvalue weighted by Crippen LogP contribution is 2.24. The number of pyridine rings is 1. The minimum atomic E-state index is -0.0507. The van der Waals surface area contributed by atoms with Crippen LogP contribution in [0, 0.1) is 18.3 Å². The molecule has 0 fully saturated rings. The quantitative estimate of drug-likeness (QED) is 0.858. The van der Waals surface area contributed by atoms with Gasteiger partial charge in [0.05, 0.1) is 6.07 Å². The van der Waals surface area contributed by atoms with Crippen LogP contribution in [0.15, 0.2) is 35.1 Å². The number of anilines is 1. The molecule has 0 saturated carbocycles. The van der Waals surface area contributed by atoms with Gasteiger partial charge in [-0.3, -0.25) is 4.79 Å². The maximum Gasteiger partial charge on any atom is 0.271 e. The number of H-pyrrole nitrogens is 1. The fraction of sp³-hybridized carbons (Fsp3) is 0.300. The molecule has 0 radical (unpaired) electrons. The average molecular weight is 321 g/mol. The number of aromatic nitrogens is 1. The molecule has 0 amide bonds. The minimum Gasteiger partial charge on any atom is -0.373 e. The standard InChI is InChI=1S/C20H23N3O/c1-5-17-14(2)22-20(24)19(23(3)4)18(17)13-16-9-6-8-15(12-16)10-7-11-21/h6-10,12H,5,13H2,1-4H3,(H,22,24)/b10-7+. The van der Waals surface area contributed by atoms with Crippen molar-refractivity contribution in [1.82, 2.24) is 4.98 Å². The molecule has 4 heteroatoms. The second-order valence-corrected chi connectivity index (χ2v) is 6.02. The van der Waals surface area contributed by atoms with Crippen molar-refractivity contribution < 1.29 is 0 Å². The Balaban J connectivity index is 2.55. The fourth-order valence-corrected chi connectivity index (χ4v) is 3.10. The third-order valence-corrected chi connectivity index (χ3v) is 4.10. The van der Waals surface area contributed by atoms with Crippen molar-refractivity contribution in [3.8, 4) is 6.07 Å². The van der Waals surface area contributed by atoms with Crippen molar-refractivity contribution in [2.75, 3.05) is 19.0 Å². The van der Waals surface area contributed by atoms with Gasteiger partial charge in [0.15, 0.2) is 0 Å². The molecule has 0 spiro atoms. The van der Waals surface area contributed by atoms with Gasteiger partial charge in [-0.25, -0.2) is 0 Å². The number of nitrogens with zero attached hydrogens (tertiary/aromatic N) is 2. The molecule has 0 aliphatic heterocycles. The van der Waals surface area contributed by atoms with Gasteiger partial charge < -0.3 is 9.88 Å². The highest BCUT2D eigenvalue weighted by Gasteiger charge is 2.16. The molecule has 24 heavy (non-hydrogen) atoms. The van der Waals surface area contributed by atoms with E-state index < -0.39 is 0 Å². The Morgan fingerprint density at radius 1 is 1.29 bits per heavy atom. The molecule has 0 aliphatic carbocycles. The van der Waals surface area contributed by atoms with E-state index in [9.17, 15) is 4.79 Å². The van der Waals surface area contributed by atoms with Crippen molar-refractivity contribution in [1.29, 1.82) is 5.26 Å². The van der Waals surface area contributed by atoms with E-state index in [-0.39, 0.29) is 5.56 Å². The topological polar surface area (TPSA) is 59.9 Å². The number of aromatic amines is 1. The van der Waals surface area contributed by atoms with Crippen LogP contribution in [-0.2, 0) is 12.8 Å². The first-order valence-electron chi connectivity index (χ1n) is 8.05. The van der Waals surface area contributed by atoms with E-state index in [2.05, 4.69) is 24.0 Å². The van der Waals surface area contributed by atoms with Crippen LogP contribution in [0.1, 0.15) is 34.9 Å². The second kappa shape index (κ2) is 7.65. The highest BCUT2D eigenvalue weighted by atomic mass is 16.1. The van der Waals surface area contributed by atoms with E-state index in [1.54, 1.807) is 6.08 Å². The lowest BCUT2D eigenvalue weighted by molar-refractivity contribution is 0.947. The molecular weight excluding hydrogens is 298 g/mol. The number of hydrogen-bond acceptors (Lipinski definition) is 3. The van der Waals surface area contributed by atoms with Crippen LogP contribution >= 0.6 is 0 Å². The van der Waals surface area contributed by atoms with Gasteiger partial charge in [0.1, 0.15) is 5.69 Å². The molecule has 1 aromatic heterocycles. The monoisotopic (exact) mass is 321 g/mol. The normalized spacial score (nSPS) is 10.8. The predicted octanol–water partition coefficient (Wildman–Crippen LogP) is 3.44. The molecule has 0 aliphatic rings. The molecule has 0 bridgehead atoms. The zero-order valence-electron chi connectivity index (χ0n) is 14.7. The first-order valence-corrected chi connectivity index (χ1v) is 8.05. The summed E-state index contributed by atoms with van der Waals surface area (Å²) >= 11 is 0. The Bertz CT molecular complexity index is 854. The maximum absolute atomic E-state index is 12.4. The van der Waals surface area contributed by atoms with Crippen LogP contribution in [-0.4, -0.2) is 19.1 Å². The summed E-state index contributed by atoms with van der Waals surface area (Å²) in [5.41, 5.74) is 5.98. The summed E-state index contributed by atoms with van der Waals surface area (Å²) in [5.74, 6) is 0. The van der Waals surface area contributed by atoms with E-state index in [1.807, 2.05) is 44.1 Å². The van der Waals surface area contributed by atoms with Crippen molar-refractivity contribution in [2.24, 2.45) is 0 Å². The van der Waals surface area contributed by atoms with Crippen molar-refractivity contribution in [3.05, 3.63) is 68.6 Å². The summed E-state index contributed by atoms with van der Waals surface area (Å²) in [6.45, 7) is 4.06. The first-order chi connectivity index (χ1) is 11.5.